The van der Waals surface area contributed by atoms with Crippen molar-refractivity contribution in [2.45, 2.75) is 51.9 Å². The quantitative estimate of drug-likeness (QED) is 0.605. The number of fused-ring (bicyclic) bond motifs is 1. The molecule has 1 fully saturated rings. The topological polar surface area (TPSA) is 89.9 Å². The molecule has 25 heavy (non-hydrogen) atoms. The van der Waals surface area contributed by atoms with Gasteiger partial charge in [0.2, 0.25) is 0 Å². The van der Waals surface area contributed by atoms with Gasteiger partial charge in [0.05, 0.1) is 17.4 Å². The van der Waals surface area contributed by atoms with Gasteiger partial charge >= 0.3 is 11.9 Å². The summed E-state index contributed by atoms with van der Waals surface area (Å²) in [6.45, 7) is 10.3. The number of hydrogen-bond acceptors (Lipinski definition) is 6. The number of carbonyl (C=O) groups is 3. The van der Waals surface area contributed by atoms with Crippen molar-refractivity contribution in [3.8, 4) is 0 Å². The van der Waals surface area contributed by atoms with Crippen molar-refractivity contribution >= 4 is 17.7 Å². The number of ether oxygens (including phenoxy) is 2. The SMILES string of the molecule is C=C1C(=O)O[C@H]2/C=C(\C)C(=O)/C=C\[C@](C)(O)C[C@H](OC(=O)C(C)C)[C@H]12. The van der Waals surface area contributed by atoms with Gasteiger partial charge in [-0.25, -0.2) is 4.79 Å². The highest BCUT2D eigenvalue weighted by Gasteiger charge is 2.46. The molecular weight excluding hydrogens is 324 g/mol. The molecule has 1 heterocycles. The summed E-state index contributed by atoms with van der Waals surface area (Å²) in [6, 6.07) is 0. The number of carbonyl (C=O) groups excluding carboxylic acids is 3. The van der Waals surface area contributed by atoms with E-state index in [9.17, 15) is 19.5 Å². The maximum Gasteiger partial charge on any atom is 0.334 e. The van der Waals surface area contributed by atoms with Gasteiger partial charge in [0.25, 0.3) is 0 Å². The van der Waals surface area contributed by atoms with E-state index in [4.69, 9.17) is 9.47 Å². The van der Waals surface area contributed by atoms with E-state index < -0.39 is 35.7 Å². The standard InChI is InChI=1S/C19H24O6/c1-10(2)17(21)25-15-9-19(5,23)7-6-13(20)11(3)8-14-16(15)12(4)18(22)24-14/h6-8,10,14-16,23H,4,9H2,1-3,5H3/b7-6-,11-8+/t14-,15-,16+,19-/m0/s1. The van der Waals surface area contributed by atoms with E-state index in [1.165, 1.54) is 19.1 Å². The second-order valence-corrected chi connectivity index (χ2v) is 7.16. The predicted molar refractivity (Wildman–Crippen MR) is 90.4 cm³/mol. The van der Waals surface area contributed by atoms with Crippen LogP contribution in [-0.4, -0.2) is 40.6 Å². The summed E-state index contributed by atoms with van der Waals surface area (Å²) >= 11 is 0. The summed E-state index contributed by atoms with van der Waals surface area (Å²) in [6.07, 6.45) is 2.64. The minimum atomic E-state index is -1.40. The lowest BCUT2D eigenvalue weighted by Gasteiger charge is -2.32. The molecule has 1 saturated heterocycles. The molecule has 0 saturated carbocycles. The lowest BCUT2D eigenvalue weighted by atomic mass is 9.82. The highest BCUT2D eigenvalue weighted by molar-refractivity contribution is 6.03. The Morgan fingerprint density at radius 3 is 2.68 bits per heavy atom. The molecule has 0 aromatic carbocycles. The number of aliphatic hydroxyl groups is 1. The van der Waals surface area contributed by atoms with Crippen LogP contribution in [0.25, 0.3) is 0 Å². The van der Waals surface area contributed by atoms with E-state index >= 15 is 0 Å². The van der Waals surface area contributed by atoms with Gasteiger partial charge in [-0.2, -0.15) is 0 Å². The summed E-state index contributed by atoms with van der Waals surface area (Å²) in [5.41, 5.74) is -0.852. The molecule has 2 rings (SSSR count). The van der Waals surface area contributed by atoms with Crippen molar-refractivity contribution in [1.29, 1.82) is 0 Å². The lowest BCUT2D eigenvalue weighted by Crippen LogP contribution is -2.40. The van der Waals surface area contributed by atoms with Crippen LogP contribution in [0.2, 0.25) is 0 Å². The highest BCUT2D eigenvalue weighted by atomic mass is 16.6. The first-order valence-corrected chi connectivity index (χ1v) is 8.26. The average Bonchev–Trinajstić information content (AvgIpc) is 2.77. The van der Waals surface area contributed by atoms with Gasteiger partial charge in [-0.15, -0.1) is 0 Å². The van der Waals surface area contributed by atoms with Crippen LogP contribution >= 0.6 is 0 Å². The third-order valence-corrected chi connectivity index (χ3v) is 4.41. The van der Waals surface area contributed by atoms with Gasteiger partial charge in [0, 0.05) is 12.0 Å². The molecule has 6 heteroatoms. The molecule has 4 atom stereocenters. The molecule has 0 amide bonds. The number of rotatable bonds is 2. The monoisotopic (exact) mass is 348 g/mol. The Morgan fingerprint density at radius 2 is 2.08 bits per heavy atom. The van der Waals surface area contributed by atoms with Crippen LogP contribution in [0, 0.1) is 11.8 Å². The normalized spacial score (nSPS) is 36.3. The van der Waals surface area contributed by atoms with Crippen molar-refractivity contribution in [2.75, 3.05) is 0 Å². The maximum atomic E-state index is 12.1. The first kappa shape index (κ1) is 19.1. The molecule has 0 radical (unpaired) electrons. The Hall–Kier alpha value is -2.21. The summed E-state index contributed by atoms with van der Waals surface area (Å²) in [5, 5.41) is 10.6. The largest absolute Gasteiger partial charge is 0.461 e. The van der Waals surface area contributed by atoms with Crippen molar-refractivity contribution in [2.24, 2.45) is 11.8 Å². The minimum Gasteiger partial charge on any atom is -0.461 e. The highest BCUT2D eigenvalue weighted by Crippen LogP contribution is 2.37. The van der Waals surface area contributed by atoms with E-state index in [-0.39, 0.29) is 23.7 Å². The number of esters is 2. The van der Waals surface area contributed by atoms with E-state index in [1.54, 1.807) is 26.8 Å². The van der Waals surface area contributed by atoms with Crippen molar-refractivity contribution in [1.82, 2.24) is 0 Å². The van der Waals surface area contributed by atoms with Crippen molar-refractivity contribution in [3.05, 3.63) is 36.0 Å². The van der Waals surface area contributed by atoms with Gasteiger partial charge in [0.1, 0.15) is 12.2 Å². The fourth-order valence-corrected chi connectivity index (χ4v) is 2.90. The Labute approximate surface area is 147 Å². The number of hydrogen-bond donors (Lipinski definition) is 1. The maximum absolute atomic E-state index is 12.1. The summed E-state index contributed by atoms with van der Waals surface area (Å²) < 4.78 is 10.9. The zero-order valence-electron chi connectivity index (χ0n) is 14.9. The molecule has 0 aromatic heterocycles. The zero-order valence-corrected chi connectivity index (χ0v) is 14.9. The lowest BCUT2D eigenvalue weighted by molar-refractivity contribution is -0.158. The minimum absolute atomic E-state index is 0.0129. The Kier molecular flexibility index (Phi) is 5.32. The van der Waals surface area contributed by atoms with E-state index in [0.29, 0.717) is 5.57 Å². The van der Waals surface area contributed by atoms with Crippen LogP contribution < -0.4 is 0 Å². The molecule has 1 N–H and O–H groups in total. The van der Waals surface area contributed by atoms with Gasteiger partial charge in [0.15, 0.2) is 5.78 Å². The third kappa shape index (κ3) is 4.25. The van der Waals surface area contributed by atoms with E-state index in [2.05, 4.69) is 6.58 Å². The van der Waals surface area contributed by atoms with Gasteiger partial charge in [-0.05, 0) is 37.6 Å². The fraction of sp³-hybridized carbons (Fsp3) is 0.526. The summed E-state index contributed by atoms with van der Waals surface area (Å²) in [7, 11) is 0. The third-order valence-electron chi connectivity index (χ3n) is 4.41. The molecule has 1 aliphatic carbocycles. The number of ketones is 1. The summed E-state index contributed by atoms with van der Waals surface area (Å²) in [5.74, 6) is -2.34. The predicted octanol–water partition coefficient (Wildman–Crippen LogP) is 1.88. The van der Waals surface area contributed by atoms with Crippen LogP contribution in [0.5, 0.6) is 0 Å². The van der Waals surface area contributed by atoms with E-state index in [1.807, 2.05) is 0 Å². The van der Waals surface area contributed by atoms with Gasteiger partial charge in [-0.3, -0.25) is 9.59 Å². The molecule has 0 unspecified atom stereocenters. The zero-order chi connectivity index (χ0) is 18.9. The van der Waals surface area contributed by atoms with Crippen LogP contribution in [0.3, 0.4) is 0 Å². The van der Waals surface area contributed by atoms with Gasteiger partial charge in [-0.1, -0.05) is 20.4 Å². The molecule has 0 aromatic rings. The van der Waals surface area contributed by atoms with Gasteiger partial charge < -0.3 is 14.6 Å². The average molecular weight is 348 g/mol. The second kappa shape index (κ2) is 6.96. The molecule has 136 valence electrons. The van der Waals surface area contributed by atoms with Crippen LogP contribution in [0.1, 0.15) is 34.1 Å². The molecule has 1 aliphatic heterocycles. The van der Waals surface area contributed by atoms with Crippen molar-refractivity contribution in [3.63, 3.8) is 0 Å². The molecule has 0 spiro atoms. The molecular formula is C19H24O6. The molecule has 6 nitrogen and oxygen atoms in total. The van der Waals surface area contributed by atoms with Crippen LogP contribution in [0.4, 0.5) is 0 Å². The second-order valence-electron chi connectivity index (χ2n) is 7.16. The summed E-state index contributed by atoms with van der Waals surface area (Å²) in [4.78, 5) is 36.2. The fourth-order valence-electron chi connectivity index (χ4n) is 2.90. The Balaban J connectivity index is 2.49. The Bertz CT molecular complexity index is 667. The first-order chi connectivity index (χ1) is 11.5. The number of allylic oxidation sites excluding steroid dienone is 2. The molecule has 0 bridgehead atoms. The smallest absolute Gasteiger partial charge is 0.334 e. The molecule has 2 aliphatic rings. The first-order valence-electron chi connectivity index (χ1n) is 8.26. The van der Waals surface area contributed by atoms with Crippen molar-refractivity contribution < 1.29 is 29.0 Å². The Morgan fingerprint density at radius 1 is 1.44 bits per heavy atom. The van der Waals surface area contributed by atoms with Crippen LogP contribution in [-0.2, 0) is 23.9 Å². The van der Waals surface area contributed by atoms with E-state index in [0.717, 1.165) is 0 Å². The van der Waals surface area contributed by atoms with Crippen LogP contribution in [0.15, 0.2) is 36.0 Å².